The van der Waals surface area contributed by atoms with E-state index in [0.717, 1.165) is 42.9 Å². The molecule has 6 nitrogen and oxygen atoms in total. The summed E-state index contributed by atoms with van der Waals surface area (Å²) in [5.74, 6) is 0.292. The van der Waals surface area contributed by atoms with Gasteiger partial charge in [0.15, 0.2) is 5.13 Å². The highest BCUT2D eigenvalue weighted by molar-refractivity contribution is 7.15. The van der Waals surface area contributed by atoms with Crippen molar-refractivity contribution in [3.8, 4) is 0 Å². The highest BCUT2D eigenvalue weighted by Gasteiger charge is 2.24. The van der Waals surface area contributed by atoms with E-state index in [9.17, 15) is 4.79 Å². The quantitative estimate of drug-likeness (QED) is 0.892. The summed E-state index contributed by atoms with van der Waals surface area (Å²) in [5.41, 5.74) is 2.95. The van der Waals surface area contributed by atoms with E-state index in [1.165, 1.54) is 4.88 Å². The van der Waals surface area contributed by atoms with Crippen molar-refractivity contribution in [3.63, 3.8) is 0 Å². The third-order valence-electron chi connectivity index (χ3n) is 4.89. The Morgan fingerprint density at radius 3 is 2.75 bits per heavy atom. The van der Waals surface area contributed by atoms with Gasteiger partial charge in [0.1, 0.15) is 0 Å². The van der Waals surface area contributed by atoms with Gasteiger partial charge >= 0.3 is 0 Å². The summed E-state index contributed by atoms with van der Waals surface area (Å²) in [5, 5.41) is 11.5. The monoisotopic (exact) mass is 347 g/mol. The van der Waals surface area contributed by atoms with E-state index in [4.69, 9.17) is 0 Å². The van der Waals surface area contributed by atoms with Gasteiger partial charge in [-0.05, 0) is 52.6 Å². The number of hydrogen-bond acceptors (Lipinski definition) is 5. The van der Waals surface area contributed by atoms with Crippen molar-refractivity contribution in [1.82, 2.24) is 20.1 Å². The molecular formula is C17H25N5OS. The van der Waals surface area contributed by atoms with Gasteiger partial charge < -0.3 is 10.6 Å². The van der Waals surface area contributed by atoms with Gasteiger partial charge in [0.05, 0.1) is 11.6 Å². The Labute approximate surface area is 146 Å². The number of amides is 1. The van der Waals surface area contributed by atoms with Crippen LogP contribution < -0.4 is 10.6 Å². The maximum atomic E-state index is 12.6. The molecule has 0 aliphatic carbocycles. The lowest BCUT2D eigenvalue weighted by molar-refractivity contribution is -0.117. The zero-order chi connectivity index (χ0) is 17.3. The van der Waals surface area contributed by atoms with Gasteiger partial charge in [0, 0.05) is 29.4 Å². The van der Waals surface area contributed by atoms with Crippen LogP contribution in [0, 0.1) is 13.8 Å². The molecule has 0 radical (unpaired) electrons. The number of carbonyl (C=O) groups excluding carboxylic acids is 1. The summed E-state index contributed by atoms with van der Waals surface area (Å²) < 4.78 is 1.83. The number of aromatic nitrogens is 3. The lowest BCUT2D eigenvalue weighted by atomic mass is 9.97. The zero-order valence-electron chi connectivity index (χ0n) is 14.7. The Morgan fingerprint density at radius 2 is 2.12 bits per heavy atom. The second-order valence-electron chi connectivity index (χ2n) is 6.51. The Bertz CT molecular complexity index is 729. The van der Waals surface area contributed by atoms with Crippen LogP contribution in [0.15, 0.2) is 6.20 Å². The maximum absolute atomic E-state index is 12.6. The van der Waals surface area contributed by atoms with Crippen molar-refractivity contribution in [1.29, 1.82) is 0 Å². The molecule has 130 valence electrons. The molecule has 24 heavy (non-hydrogen) atoms. The summed E-state index contributed by atoms with van der Waals surface area (Å²) in [7, 11) is 1.91. The van der Waals surface area contributed by atoms with Gasteiger partial charge in [0.25, 0.3) is 0 Å². The lowest BCUT2D eigenvalue weighted by Crippen LogP contribution is -2.26. The molecule has 0 spiro atoms. The SMILES string of the molecule is Cc1nn(C)c(C)c1C(C)C(=O)Nc1ncc(C2CCNCC2)s1. The number of hydrogen-bond donors (Lipinski definition) is 2. The van der Waals surface area contributed by atoms with Crippen molar-refractivity contribution in [2.75, 3.05) is 18.4 Å². The summed E-state index contributed by atoms with van der Waals surface area (Å²) >= 11 is 1.60. The largest absolute Gasteiger partial charge is 0.317 e. The standard InChI is InChI=1S/C17H25N5OS/c1-10(15-11(2)21-22(4)12(15)3)16(23)20-17-19-9-14(24-17)13-5-7-18-8-6-13/h9-10,13,18H,5-8H2,1-4H3,(H,19,20,23). The van der Waals surface area contributed by atoms with Crippen LogP contribution in [-0.4, -0.2) is 33.8 Å². The van der Waals surface area contributed by atoms with Crippen LogP contribution in [0.3, 0.4) is 0 Å². The molecule has 0 saturated carbocycles. The first kappa shape index (κ1) is 17.1. The van der Waals surface area contributed by atoms with E-state index >= 15 is 0 Å². The maximum Gasteiger partial charge on any atom is 0.233 e. The van der Waals surface area contributed by atoms with Crippen LogP contribution in [0.4, 0.5) is 5.13 Å². The molecule has 0 aromatic carbocycles. The first-order valence-electron chi connectivity index (χ1n) is 8.44. The average Bonchev–Trinajstić information content (AvgIpc) is 3.13. The van der Waals surface area contributed by atoms with Crippen molar-refractivity contribution in [2.24, 2.45) is 7.05 Å². The third kappa shape index (κ3) is 3.37. The number of anilines is 1. The van der Waals surface area contributed by atoms with Crippen molar-refractivity contribution in [3.05, 3.63) is 28.0 Å². The second-order valence-corrected chi connectivity index (χ2v) is 7.57. The highest BCUT2D eigenvalue weighted by Crippen LogP contribution is 2.32. The van der Waals surface area contributed by atoms with E-state index in [-0.39, 0.29) is 11.8 Å². The molecule has 3 rings (SSSR count). The molecule has 1 aliphatic heterocycles. The van der Waals surface area contributed by atoms with Gasteiger partial charge in [-0.3, -0.25) is 9.48 Å². The van der Waals surface area contributed by atoms with Gasteiger partial charge in [0.2, 0.25) is 5.91 Å². The molecule has 1 amide bonds. The molecule has 1 saturated heterocycles. The minimum absolute atomic E-state index is 0.0274. The normalized spacial score (nSPS) is 17.0. The molecule has 7 heteroatoms. The zero-order valence-corrected chi connectivity index (χ0v) is 15.5. The van der Waals surface area contributed by atoms with Crippen LogP contribution in [0.2, 0.25) is 0 Å². The number of piperidine rings is 1. The molecule has 3 heterocycles. The molecule has 2 aromatic rings. The first-order chi connectivity index (χ1) is 11.5. The Balaban J connectivity index is 1.69. The van der Waals surface area contributed by atoms with E-state index in [1.54, 1.807) is 11.3 Å². The minimum atomic E-state index is -0.245. The van der Waals surface area contributed by atoms with Crippen LogP contribution in [0.1, 0.15) is 53.4 Å². The highest BCUT2D eigenvalue weighted by atomic mass is 32.1. The summed E-state index contributed by atoms with van der Waals surface area (Å²) in [6, 6.07) is 0. The molecule has 1 aliphatic rings. The van der Waals surface area contributed by atoms with E-state index in [1.807, 2.05) is 38.7 Å². The van der Waals surface area contributed by atoms with Crippen molar-refractivity contribution >= 4 is 22.4 Å². The van der Waals surface area contributed by atoms with E-state index in [0.29, 0.717) is 11.0 Å². The molecule has 0 bridgehead atoms. The fourth-order valence-corrected chi connectivity index (χ4v) is 4.39. The number of nitrogens with one attached hydrogen (secondary N) is 2. The van der Waals surface area contributed by atoms with E-state index in [2.05, 4.69) is 20.7 Å². The fourth-order valence-electron chi connectivity index (χ4n) is 3.40. The summed E-state index contributed by atoms with van der Waals surface area (Å²) in [6.07, 6.45) is 4.20. The number of thiazole rings is 1. The predicted octanol–water partition coefficient (Wildman–Crippen LogP) is 2.70. The van der Waals surface area contributed by atoms with Gasteiger partial charge in [-0.25, -0.2) is 4.98 Å². The summed E-state index contributed by atoms with van der Waals surface area (Å²) in [6.45, 7) is 7.98. The van der Waals surface area contributed by atoms with Crippen LogP contribution >= 0.6 is 11.3 Å². The van der Waals surface area contributed by atoms with Crippen LogP contribution in [0.25, 0.3) is 0 Å². The van der Waals surface area contributed by atoms with Crippen molar-refractivity contribution < 1.29 is 4.79 Å². The van der Waals surface area contributed by atoms with Gasteiger partial charge in [-0.1, -0.05) is 0 Å². The second kappa shape index (κ2) is 7.03. The Morgan fingerprint density at radius 1 is 1.42 bits per heavy atom. The van der Waals surface area contributed by atoms with Crippen molar-refractivity contribution in [2.45, 2.75) is 45.4 Å². The number of aryl methyl sites for hydroxylation is 2. The number of nitrogens with zero attached hydrogens (tertiary/aromatic N) is 3. The molecular weight excluding hydrogens is 322 g/mol. The smallest absolute Gasteiger partial charge is 0.233 e. The molecule has 1 atom stereocenters. The topological polar surface area (TPSA) is 71.8 Å². The molecule has 1 unspecified atom stereocenters. The van der Waals surface area contributed by atoms with Gasteiger partial charge in [-0.2, -0.15) is 5.10 Å². The predicted molar refractivity (Wildman–Crippen MR) is 96.7 cm³/mol. The number of rotatable bonds is 4. The third-order valence-corrected chi connectivity index (χ3v) is 5.96. The molecule has 2 N–H and O–H groups in total. The van der Waals surface area contributed by atoms with Crippen LogP contribution in [-0.2, 0) is 11.8 Å². The van der Waals surface area contributed by atoms with Gasteiger partial charge in [-0.15, -0.1) is 11.3 Å². The first-order valence-corrected chi connectivity index (χ1v) is 9.26. The van der Waals surface area contributed by atoms with E-state index < -0.39 is 0 Å². The minimum Gasteiger partial charge on any atom is -0.317 e. The fraction of sp³-hybridized carbons (Fsp3) is 0.588. The lowest BCUT2D eigenvalue weighted by Gasteiger charge is -2.20. The molecule has 2 aromatic heterocycles. The summed E-state index contributed by atoms with van der Waals surface area (Å²) in [4.78, 5) is 18.3. The van der Waals surface area contributed by atoms with Crippen LogP contribution in [0.5, 0.6) is 0 Å². The Hall–Kier alpha value is -1.73. The number of carbonyl (C=O) groups is 1. The Kier molecular flexibility index (Phi) is 5.01. The average molecular weight is 347 g/mol. The molecule has 1 fully saturated rings.